The zero-order valence-electron chi connectivity index (χ0n) is 12.6. The van der Waals surface area contributed by atoms with E-state index in [1.54, 1.807) is 11.3 Å². The van der Waals surface area contributed by atoms with Gasteiger partial charge in [0.1, 0.15) is 0 Å². The van der Waals surface area contributed by atoms with Crippen molar-refractivity contribution in [3.8, 4) is 0 Å². The van der Waals surface area contributed by atoms with Crippen LogP contribution in [0.4, 0.5) is 5.69 Å². The van der Waals surface area contributed by atoms with Crippen molar-refractivity contribution in [1.82, 2.24) is 5.32 Å². The molecule has 0 radical (unpaired) electrons. The molecule has 2 N–H and O–H groups in total. The van der Waals surface area contributed by atoms with Crippen molar-refractivity contribution in [2.75, 3.05) is 5.32 Å². The van der Waals surface area contributed by atoms with Crippen LogP contribution in [0.5, 0.6) is 0 Å². The van der Waals surface area contributed by atoms with Crippen molar-refractivity contribution in [2.45, 2.75) is 39.3 Å². The molecule has 0 bridgehead atoms. The Hall–Kier alpha value is -1.65. The number of carbonyl (C=O) groups is 1. The first kappa shape index (κ1) is 15.7. The van der Waals surface area contributed by atoms with E-state index in [4.69, 9.17) is 0 Å². The summed E-state index contributed by atoms with van der Waals surface area (Å²) in [6, 6.07) is 12.9. The quantitative estimate of drug-likeness (QED) is 0.816. The van der Waals surface area contributed by atoms with Crippen molar-refractivity contribution in [3.05, 3.63) is 52.2 Å². The molecule has 3 nitrogen and oxygen atoms in total. The van der Waals surface area contributed by atoms with E-state index in [9.17, 15) is 4.79 Å². The number of thiophene rings is 1. The average molecular weight is 302 g/mol. The Morgan fingerprint density at radius 2 is 2.00 bits per heavy atom. The fraction of sp³-hybridized carbons (Fsp3) is 0.353. The topological polar surface area (TPSA) is 41.1 Å². The fourth-order valence-corrected chi connectivity index (χ4v) is 2.96. The SMILES string of the molecule is CC(=O)Nc1ccsc1CNC(C)CCc1ccccc1. The molecule has 0 fully saturated rings. The Kier molecular flexibility index (Phi) is 5.96. The summed E-state index contributed by atoms with van der Waals surface area (Å²) in [6.07, 6.45) is 2.18. The molecule has 0 saturated carbocycles. The highest BCUT2D eigenvalue weighted by molar-refractivity contribution is 7.10. The summed E-state index contributed by atoms with van der Waals surface area (Å²) in [5.74, 6) is -0.0215. The maximum Gasteiger partial charge on any atom is 0.221 e. The smallest absolute Gasteiger partial charge is 0.221 e. The molecule has 1 aromatic carbocycles. The molecule has 21 heavy (non-hydrogen) atoms. The molecule has 1 amide bonds. The van der Waals surface area contributed by atoms with Crippen molar-refractivity contribution in [1.29, 1.82) is 0 Å². The first-order valence-corrected chi connectivity index (χ1v) is 8.14. The molecule has 2 rings (SSSR count). The standard InChI is InChI=1S/C17H22N2OS/c1-13(8-9-15-6-4-3-5-7-15)18-12-17-16(10-11-21-17)19-14(2)20/h3-7,10-11,13,18H,8-9,12H2,1-2H3,(H,19,20). The van der Waals surface area contributed by atoms with E-state index >= 15 is 0 Å². The summed E-state index contributed by atoms with van der Waals surface area (Å²) < 4.78 is 0. The third-order valence-electron chi connectivity index (χ3n) is 3.38. The first-order chi connectivity index (χ1) is 10.1. The van der Waals surface area contributed by atoms with Gasteiger partial charge in [0.15, 0.2) is 0 Å². The second-order valence-electron chi connectivity index (χ2n) is 5.24. The molecule has 2 aromatic rings. The Labute approximate surface area is 130 Å². The van der Waals surface area contributed by atoms with E-state index in [0.29, 0.717) is 6.04 Å². The van der Waals surface area contributed by atoms with E-state index in [0.717, 1.165) is 25.1 Å². The molecule has 1 atom stereocenters. The average Bonchev–Trinajstić information content (AvgIpc) is 2.90. The third kappa shape index (κ3) is 5.33. The van der Waals surface area contributed by atoms with Gasteiger partial charge in [-0.15, -0.1) is 11.3 Å². The highest BCUT2D eigenvalue weighted by atomic mass is 32.1. The van der Waals surface area contributed by atoms with Crippen LogP contribution < -0.4 is 10.6 Å². The largest absolute Gasteiger partial charge is 0.325 e. The Balaban J connectivity index is 1.77. The minimum atomic E-state index is -0.0215. The predicted molar refractivity (Wildman–Crippen MR) is 89.7 cm³/mol. The molecule has 112 valence electrons. The van der Waals surface area contributed by atoms with E-state index < -0.39 is 0 Å². The van der Waals surface area contributed by atoms with E-state index in [2.05, 4.69) is 41.8 Å². The summed E-state index contributed by atoms with van der Waals surface area (Å²) in [5.41, 5.74) is 2.30. The maximum atomic E-state index is 11.1. The second-order valence-corrected chi connectivity index (χ2v) is 6.25. The van der Waals surface area contributed by atoms with Gasteiger partial charge in [0.2, 0.25) is 5.91 Å². The second kappa shape index (κ2) is 7.96. The number of hydrogen-bond acceptors (Lipinski definition) is 3. The van der Waals surface area contributed by atoms with Gasteiger partial charge >= 0.3 is 0 Å². The van der Waals surface area contributed by atoms with Crippen LogP contribution in [0, 0.1) is 0 Å². The van der Waals surface area contributed by atoms with Gasteiger partial charge in [-0.2, -0.15) is 0 Å². The molecule has 0 aliphatic carbocycles. The van der Waals surface area contributed by atoms with Crippen molar-refractivity contribution in [3.63, 3.8) is 0 Å². The van der Waals surface area contributed by atoms with Gasteiger partial charge in [-0.05, 0) is 36.8 Å². The molecule has 4 heteroatoms. The van der Waals surface area contributed by atoms with Crippen LogP contribution in [0.2, 0.25) is 0 Å². The number of nitrogens with one attached hydrogen (secondary N) is 2. The molecule has 1 aromatic heterocycles. The molecule has 0 saturated heterocycles. The molecule has 0 aliphatic rings. The van der Waals surface area contributed by atoms with Gasteiger partial charge in [0, 0.05) is 24.4 Å². The highest BCUT2D eigenvalue weighted by Crippen LogP contribution is 2.22. The zero-order chi connectivity index (χ0) is 15.1. The normalized spacial score (nSPS) is 12.1. The number of benzene rings is 1. The number of hydrogen-bond donors (Lipinski definition) is 2. The first-order valence-electron chi connectivity index (χ1n) is 7.26. The summed E-state index contributed by atoms with van der Waals surface area (Å²) in [5, 5.41) is 8.41. The summed E-state index contributed by atoms with van der Waals surface area (Å²) in [6.45, 7) is 4.54. The summed E-state index contributed by atoms with van der Waals surface area (Å²) >= 11 is 1.67. The van der Waals surface area contributed by atoms with Crippen LogP contribution in [-0.4, -0.2) is 11.9 Å². The van der Waals surface area contributed by atoms with Gasteiger partial charge < -0.3 is 10.6 Å². The lowest BCUT2D eigenvalue weighted by Gasteiger charge is -2.14. The number of amides is 1. The molecular weight excluding hydrogens is 280 g/mol. The lowest BCUT2D eigenvalue weighted by molar-refractivity contribution is -0.114. The minimum Gasteiger partial charge on any atom is -0.325 e. The highest BCUT2D eigenvalue weighted by Gasteiger charge is 2.08. The van der Waals surface area contributed by atoms with Crippen LogP contribution >= 0.6 is 11.3 Å². The zero-order valence-corrected chi connectivity index (χ0v) is 13.4. The van der Waals surface area contributed by atoms with Crippen molar-refractivity contribution in [2.24, 2.45) is 0 Å². The number of carbonyl (C=O) groups excluding carboxylic acids is 1. The number of anilines is 1. The Morgan fingerprint density at radius 1 is 1.24 bits per heavy atom. The molecule has 0 aliphatic heterocycles. The molecular formula is C17H22N2OS. The van der Waals surface area contributed by atoms with Crippen molar-refractivity contribution < 1.29 is 4.79 Å². The minimum absolute atomic E-state index is 0.0215. The van der Waals surface area contributed by atoms with Crippen LogP contribution in [0.1, 0.15) is 30.7 Å². The predicted octanol–water partition coefficient (Wildman–Crippen LogP) is 3.82. The Bertz CT molecular complexity index is 565. The maximum absolute atomic E-state index is 11.1. The van der Waals surface area contributed by atoms with Crippen LogP contribution in [-0.2, 0) is 17.8 Å². The van der Waals surface area contributed by atoms with E-state index in [1.807, 2.05) is 17.5 Å². The summed E-state index contributed by atoms with van der Waals surface area (Å²) in [7, 11) is 0. The molecule has 0 spiro atoms. The van der Waals surface area contributed by atoms with Crippen LogP contribution in [0.15, 0.2) is 41.8 Å². The number of aryl methyl sites for hydroxylation is 1. The van der Waals surface area contributed by atoms with Gasteiger partial charge in [-0.25, -0.2) is 0 Å². The van der Waals surface area contributed by atoms with Gasteiger partial charge in [0.05, 0.1) is 5.69 Å². The summed E-state index contributed by atoms with van der Waals surface area (Å²) in [4.78, 5) is 12.3. The van der Waals surface area contributed by atoms with Gasteiger partial charge in [-0.1, -0.05) is 30.3 Å². The monoisotopic (exact) mass is 302 g/mol. The van der Waals surface area contributed by atoms with E-state index in [1.165, 1.54) is 17.4 Å². The van der Waals surface area contributed by atoms with E-state index in [-0.39, 0.29) is 5.91 Å². The van der Waals surface area contributed by atoms with Crippen molar-refractivity contribution >= 4 is 22.9 Å². The number of rotatable bonds is 7. The fourth-order valence-electron chi connectivity index (χ4n) is 2.18. The Morgan fingerprint density at radius 3 is 2.71 bits per heavy atom. The third-order valence-corrected chi connectivity index (χ3v) is 4.30. The lowest BCUT2D eigenvalue weighted by atomic mass is 10.1. The lowest BCUT2D eigenvalue weighted by Crippen LogP contribution is -2.26. The van der Waals surface area contributed by atoms with Crippen LogP contribution in [0.25, 0.3) is 0 Å². The van der Waals surface area contributed by atoms with Crippen LogP contribution in [0.3, 0.4) is 0 Å². The van der Waals surface area contributed by atoms with Gasteiger partial charge in [0.25, 0.3) is 0 Å². The van der Waals surface area contributed by atoms with Gasteiger partial charge in [-0.3, -0.25) is 4.79 Å². The molecule has 1 unspecified atom stereocenters. The molecule has 1 heterocycles.